The standard InChI is InChI=1S/C18H12F4N4OS/c19-11-5-6-12(13(20)7-11)17(27,8-26-10-23-9-24-26)18(21,22)16-25-14-3-1-2-4-15(14)28-16/h1-7,9-10,27H,8H2/t17-/m0/s1. The van der Waals surface area contributed by atoms with Crippen molar-refractivity contribution in [3.05, 3.63) is 77.3 Å². The molecule has 0 amide bonds. The average molecular weight is 408 g/mol. The van der Waals surface area contributed by atoms with Crippen LogP contribution in [0, 0.1) is 11.6 Å². The van der Waals surface area contributed by atoms with Crippen LogP contribution in [0.25, 0.3) is 10.2 Å². The summed E-state index contributed by atoms with van der Waals surface area (Å²) in [6.07, 6.45) is 2.21. The van der Waals surface area contributed by atoms with Crippen LogP contribution in [0.2, 0.25) is 0 Å². The van der Waals surface area contributed by atoms with Crippen molar-refractivity contribution in [1.29, 1.82) is 0 Å². The van der Waals surface area contributed by atoms with Gasteiger partial charge in [0.15, 0.2) is 10.6 Å². The molecular weight excluding hydrogens is 396 g/mol. The Labute approximate surface area is 159 Å². The Kier molecular flexibility index (Phi) is 4.39. The van der Waals surface area contributed by atoms with Gasteiger partial charge in [-0.3, -0.25) is 0 Å². The number of para-hydroxylation sites is 1. The molecule has 2 aromatic heterocycles. The molecule has 5 nitrogen and oxygen atoms in total. The van der Waals surface area contributed by atoms with Crippen molar-refractivity contribution in [3.63, 3.8) is 0 Å². The third-order valence-electron chi connectivity index (χ3n) is 4.32. The van der Waals surface area contributed by atoms with Crippen LogP contribution >= 0.6 is 11.3 Å². The third kappa shape index (κ3) is 2.94. The Hall–Kier alpha value is -2.85. The molecule has 0 aliphatic rings. The van der Waals surface area contributed by atoms with Crippen LogP contribution in [0.3, 0.4) is 0 Å². The first kappa shape index (κ1) is 18.5. The SMILES string of the molecule is O[C@@](Cn1cncn1)(c1ccc(F)cc1F)C(F)(F)c1nc2ccccc2s1. The molecule has 0 saturated heterocycles. The summed E-state index contributed by atoms with van der Waals surface area (Å²) in [6, 6.07) is 8.52. The van der Waals surface area contributed by atoms with E-state index in [9.17, 15) is 13.9 Å². The summed E-state index contributed by atoms with van der Waals surface area (Å²) in [5, 5.41) is 14.1. The molecule has 0 bridgehead atoms. The van der Waals surface area contributed by atoms with Crippen molar-refractivity contribution in [2.45, 2.75) is 18.1 Å². The normalized spacial score (nSPS) is 14.3. The zero-order valence-corrected chi connectivity index (χ0v) is 14.9. The van der Waals surface area contributed by atoms with Crippen LogP contribution in [-0.2, 0) is 18.1 Å². The van der Waals surface area contributed by atoms with E-state index in [1.165, 1.54) is 0 Å². The van der Waals surface area contributed by atoms with Crippen molar-refractivity contribution in [3.8, 4) is 0 Å². The second kappa shape index (κ2) is 6.64. The summed E-state index contributed by atoms with van der Waals surface area (Å²) in [5.74, 6) is -6.27. The molecule has 0 fully saturated rings. The number of halogens is 4. The van der Waals surface area contributed by atoms with Gasteiger partial charge in [-0.2, -0.15) is 13.9 Å². The summed E-state index contributed by atoms with van der Waals surface area (Å²) in [7, 11) is 0. The van der Waals surface area contributed by atoms with E-state index in [-0.39, 0.29) is 0 Å². The lowest BCUT2D eigenvalue weighted by molar-refractivity contribution is -0.205. The van der Waals surface area contributed by atoms with E-state index in [1.807, 2.05) is 0 Å². The number of rotatable bonds is 5. The minimum atomic E-state index is -4.01. The first-order chi connectivity index (χ1) is 13.3. The molecule has 0 aliphatic heterocycles. The summed E-state index contributed by atoms with van der Waals surface area (Å²) in [5.41, 5.74) is -3.54. The van der Waals surface area contributed by atoms with Gasteiger partial charge in [0.05, 0.1) is 16.8 Å². The smallest absolute Gasteiger partial charge is 0.332 e. The van der Waals surface area contributed by atoms with E-state index < -0.39 is 40.3 Å². The van der Waals surface area contributed by atoms with Crippen molar-refractivity contribution >= 4 is 21.6 Å². The lowest BCUT2D eigenvalue weighted by atomic mass is 9.86. The molecule has 1 atom stereocenters. The summed E-state index contributed by atoms with van der Waals surface area (Å²) in [4.78, 5) is 7.57. The van der Waals surface area contributed by atoms with E-state index >= 15 is 8.78 Å². The number of aromatic nitrogens is 4. The van der Waals surface area contributed by atoms with Crippen molar-refractivity contribution < 1.29 is 22.7 Å². The van der Waals surface area contributed by atoms with E-state index in [0.29, 0.717) is 27.6 Å². The minimum Gasteiger partial charge on any atom is -0.377 e. The van der Waals surface area contributed by atoms with Gasteiger partial charge in [-0.1, -0.05) is 12.1 Å². The molecule has 2 heterocycles. The van der Waals surface area contributed by atoms with Gasteiger partial charge in [0.25, 0.3) is 0 Å². The molecule has 0 spiro atoms. The maximum Gasteiger partial charge on any atom is 0.332 e. The highest BCUT2D eigenvalue weighted by Gasteiger charge is 2.58. The monoisotopic (exact) mass is 408 g/mol. The van der Waals surface area contributed by atoms with E-state index in [2.05, 4.69) is 15.1 Å². The molecule has 0 unspecified atom stereocenters. The van der Waals surface area contributed by atoms with Crippen LogP contribution in [0.4, 0.5) is 17.6 Å². The molecule has 0 radical (unpaired) electrons. The largest absolute Gasteiger partial charge is 0.377 e. The number of aliphatic hydroxyl groups is 1. The van der Waals surface area contributed by atoms with Crippen LogP contribution < -0.4 is 0 Å². The molecule has 144 valence electrons. The lowest BCUT2D eigenvalue weighted by Gasteiger charge is -2.35. The molecule has 28 heavy (non-hydrogen) atoms. The number of nitrogens with zero attached hydrogens (tertiary/aromatic N) is 4. The van der Waals surface area contributed by atoms with Gasteiger partial charge in [-0.25, -0.2) is 23.4 Å². The fourth-order valence-electron chi connectivity index (χ4n) is 2.91. The summed E-state index contributed by atoms with van der Waals surface area (Å²) < 4.78 is 60.3. The first-order valence-corrected chi connectivity index (χ1v) is 8.87. The van der Waals surface area contributed by atoms with E-state index in [1.54, 1.807) is 24.3 Å². The second-order valence-electron chi connectivity index (χ2n) is 6.14. The fraction of sp³-hybridized carbons (Fsp3) is 0.167. The van der Waals surface area contributed by atoms with Gasteiger partial charge < -0.3 is 5.11 Å². The van der Waals surface area contributed by atoms with Crippen LogP contribution in [0.1, 0.15) is 10.6 Å². The van der Waals surface area contributed by atoms with E-state index in [4.69, 9.17) is 0 Å². The number of benzene rings is 2. The van der Waals surface area contributed by atoms with Gasteiger partial charge in [-0.05, 0) is 24.3 Å². The number of hydrogen-bond acceptors (Lipinski definition) is 5. The van der Waals surface area contributed by atoms with Crippen molar-refractivity contribution in [2.24, 2.45) is 0 Å². The number of hydrogen-bond donors (Lipinski definition) is 1. The van der Waals surface area contributed by atoms with Crippen LogP contribution in [0.15, 0.2) is 55.1 Å². The molecular formula is C18H12F4N4OS. The molecule has 4 aromatic rings. The van der Waals surface area contributed by atoms with Gasteiger partial charge in [0.1, 0.15) is 24.3 Å². The number of thiazole rings is 1. The Morgan fingerprint density at radius 1 is 1.11 bits per heavy atom. The van der Waals surface area contributed by atoms with Crippen LogP contribution in [-0.4, -0.2) is 24.9 Å². The number of alkyl halides is 2. The highest BCUT2D eigenvalue weighted by atomic mass is 32.1. The molecule has 10 heteroatoms. The van der Waals surface area contributed by atoms with Gasteiger partial charge in [-0.15, -0.1) is 11.3 Å². The van der Waals surface area contributed by atoms with Crippen LogP contribution in [0.5, 0.6) is 0 Å². The summed E-state index contributed by atoms with van der Waals surface area (Å²) in [6.45, 7) is -0.821. The average Bonchev–Trinajstić information content (AvgIpc) is 3.30. The Morgan fingerprint density at radius 2 is 1.89 bits per heavy atom. The molecule has 1 N–H and O–H groups in total. The number of fused-ring (bicyclic) bond motifs is 1. The molecule has 0 aliphatic carbocycles. The highest BCUT2D eigenvalue weighted by Crippen LogP contribution is 2.49. The topological polar surface area (TPSA) is 63.8 Å². The van der Waals surface area contributed by atoms with Gasteiger partial charge in [0.2, 0.25) is 0 Å². The van der Waals surface area contributed by atoms with Gasteiger partial charge in [0, 0.05) is 11.6 Å². The van der Waals surface area contributed by atoms with Gasteiger partial charge >= 0.3 is 5.92 Å². The van der Waals surface area contributed by atoms with Crippen molar-refractivity contribution in [2.75, 3.05) is 0 Å². The third-order valence-corrected chi connectivity index (χ3v) is 5.42. The maximum atomic E-state index is 15.6. The Balaban J connectivity index is 1.90. The minimum absolute atomic E-state index is 0.324. The second-order valence-corrected chi connectivity index (χ2v) is 7.17. The zero-order chi connectivity index (χ0) is 19.9. The Bertz CT molecular complexity index is 1100. The molecule has 2 aromatic carbocycles. The maximum absolute atomic E-state index is 15.6. The van der Waals surface area contributed by atoms with Crippen molar-refractivity contribution in [1.82, 2.24) is 19.7 Å². The highest BCUT2D eigenvalue weighted by molar-refractivity contribution is 7.18. The summed E-state index contributed by atoms with van der Waals surface area (Å²) >= 11 is 0.684. The Morgan fingerprint density at radius 3 is 2.57 bits per heavy atom. The quantitative estimate of drug-likeness (QED) is 0.510. The first-order valence-electron chi connectivity index (χ1n) is 8.05. The molecule has 4 rings (SSSR count). The van der Waals surface area contributed by atoms with E-state index in [0.717, 1.165) is 29.5 Å². The fourth-order valence-corrected chi connectivity index (χ4v) is 3.92. The predicted octanol–water partition coefficient (Wildman–Crippen LogP) is 3.85. The predicted molar refractivity (Wildman–Crippen MR) is 93.8 cm³/mol. The lowest BCUT2D eigenvalue weighted by Crippen LogP contribution is -2.47. The zero-order valence-electron chi connectivity index (χ0n) is 14.1. The molecule has 0 saturated carbocycles.